The van der Waals surface area contributed by atoms with Crippen LogP contribution in [0.2, 0.25) is 0 Å². The highest BCUT2D eigenvalue weighted by atomic mass is 16.5. The second-order valence-electron chi connectivity index (χ2n) is 7.34. The Morgan fingerprint density at radius 1 is 0.800 bits per heavy atom. The number of ether oxygens (including phenoxy) is 1. The standard InChI is InChI=1S/C25H24N2O3/c28-23-25(21-13-6-2-7-14-21,19-20-11-4-1-5-12-20)26-24(29)27(23)17-10-18-30-22-15-8-3-9-16-22/h1-9,11-16H,10,17-19H2,(H,26,29)/t25-/m0/s1. The molecule has 5 heteroatoms. The molecule has 0 aliphatic carbocycles. The summed E-state index contributed by atoms with van der Waals surface area (Å²) in [6, 6.07) is 28.4. The van der Waals surface area contributed by atoms with E-state index in [1.54, 1.807) is 0 Å². The molecule has 152 valence electrons. The molecule has 0 spiro atoms. The monoisotopic (exact) mass is 400 g/mol. The summed E-state index contributed by atoms with van der Waals surface area (Å²) in [5, 5.41) is 2.99. The molecule has 1 atom stereocenters. The van der Waals surface area contributed by atoms with Gasteiger partial charge in [-0.1, -0.05) is 78.9 Å². The van der Waals surface area contributed by atoms with Gasteiger partial charge < -0.3 is 10.1 Å². The summed E-state index contributed by atoms with van der Waals surface area (Å²) in [5.41, 5.74) is 0.680. The largest absolute Gasteiger partial charge is 0.494 e. The molecule has 30 heavy (non-hydrogen) atoms. The van der Waals surface area contributed by atoms with Gasteiger partial charge >= 0.3 is 6.03 Å². The molecule has 0 aromatic heterocycles. The first kappa shape index (κ1) is 19.7. The van der Waals surface area contributed by atoms with Crippen LogP contribution < -0.4 is 10.1 Å². The van der Waals surface area contributed by atoms with Gasteiger partial charge in [-0.3, -0.25) is 9.69 Å². The van der Waals surface area contributed by atoms with Crippen LogP contribution in [0.25, 0.3) is 0 Å². The average molecular weight is 400 g/mol. The van der Waals surface area contributed by atoms with Crippen LogP contribution in [0.5, 0.6) is 5.75 Å². The van der Waals surface area contributed by atoms with Crippen molar-refractivity contribution in [3.8, 4) is 5.75 Å². The SMILES string of the molecule is O=C1N[C@@](Cc2ccccc2)(c2ccccc2)C(=O)N1CCCOc1ccccc1. The number of hydrogen-bond acceptors (Lipinski definition) is 3. The minimum atomic E-state index is -1.10. The predicted molar refractivity (Wildman–Crippen MR) is 115 cm³/mol. The van der Waals surface area contributed by atoms with Crippen LogP contribution in [0.1, 0.15) is 17.5 Å². The second-order valence-corrected chi connectivity index (χ2v) is 7.34. The highest BCUT2D eigenvalue weighted by Gasteiger charge is 2.52. The third-order valence-electron chi connectivity index (χ3n) is 5.29. The molecule has 1 aliphatic rings. The maximum Gasteiger partial charge on any atom is 0.325 e. The van der Waals surface area contributed by atoms with Crippen molar-refractivity contribution in [1.29, 1.82) is 0 Å². The van der Waals surface area contributed by atoms with Crippen LogP contribution in [0.4, 0.5) is 4.79 Å². The first-order chi connectivity index (χ1) is 14.7. The van der Waals surface area contributed by atoms with Crippen LogP contribution in [0.3, 0.4) is 0 Å². The van der Waals surface area contributed by atoms with E-state index in [4.69, 9.17) is 4.74 Å². The number of imide groups is 1. The molecule has 0 bridgehead atoms. The average Bonchev–Trinajstić information content (AvgIpc) is 3.03. The number of nitrogens with one attached hydrogen (secondary N) is 1. The number of para-hydroxylation sites is 1. The van der Waals surface area contributed by atoms with Gasteiger partial charge in [-0.25, -0.2) is 4.79 Å². The highest BCUT2D eigenvalue weighted by Crippen LogP contribution is 2.33. The Morgan fingerprint density at radius 3 is 2.07 bits per heavy atom. The van der Waals surface area contributed by atoms with E-state index in [-0.39, 0.29) is 11.9 Å². The maximum atomic E-state index is 13.5. The van der Waals surface area contributed by atoms with Crippen molar-refractivity contribution in [1.82, 2.24) is 10.2 Å². The number of benzene rings is 3. The highest BCUT2D eigenvalue weighted by molar-refractivity contribution is 6.07. The number of rotatable bonds is 8. The summed E-state index contributed by atoms with van der Waals surface area (Å²) in [4.78, 5) is 27.6. The minimum absolute atomic E-state index is 0.220. The molecule has 5 nitrogen and oxygen atoms in total. The molecule has 3 amide bonds. The third-order valence-corrected chi connectivity index (χ3v) is 5.29. The topological polar surface area (TPSA) is 58.6 Å². The van der Waals surface area contributed by atoms with Gasteiger partial charge in [0.05, 0.1) is 6.61 Å². The first-order valence-electron chi connectivity index (χ1n) is 10.1. The van der Waals surface area contributed by atoms with E-state index in [0.29, 0.717) is 26.0 Å². The van der Waals surface area contributed by atoms with Gasteiger partial charge in [0.15, 0.2) is 5.54 Å². The van der Waals surface area contributed by atoms with Crippen molar-refractivity contribution < 1.29 is 14.3 Å². The zero-order valence-corrected chi connectivity index (χ0v) is 16.7. The van der Waals surface area contributed by atoms with E-state index in [9.17, 15) is 9.59 Å². The Kier molecular flexibility index (Phi) is 5.80. The zero-order valence-electron chi connectivity index (χ0n) is 16.7. The predicted octanol–water partition coefficient (Wildman–Crippen LogP) is 4.15. The van der Waals surface area contributed by atoms with Crippen LogP contribution in [-0.4, -0.2) is 30.0 Å². The Balaban J connectivity index is 1.50. The van der Waals surface area contributed by atoms with E-state index in [2.05, 4.69) is 5.32 Å². The Bertz CT molecular complexity index is 993. The smallest absolute Gasteiger partial charge is 0.325 e. The summed E-state index contributed by atoms with van der Waals surface area (Å²) < 4.78 is 5.70. The molecule has 1 fully saturated rings. The number of urea groups is 1. The van der Waals surface area contributed by atoms with E-state index in [0.717, 1.165) is 16.9 Å². The van der Waals surface area contributed by atoms with Crippen LogP contribution in [0.15, 0.2) is 91.0 Å². The third kappa shape index (κ3) is 4.06. The molecule has 1 saturated heterocycles. The van der Waals surface area contributed by atoms with Crippen LogP contribution in [-0.2, 0) is 16.8 Å². The normalized spacial score (nSPS) is 18.3. The van der Waals surface area contributed by atoms with Crippen molar-refractivity contribution in [2.45, 2.75) is 18.4 Å². The van der Waals surface area contributed by atoms with E-state index >= 15 is 0 Å². The van der Waals surface area contributed by atoms with Crippen molar-refractivity contribution >= 4 is 11.9 Å². The fourth-order valence-electron chi connectivity index (χ4n) is 3.80. The molecule has 0 radical (unpaired) electrons. The Labute approximate surface area is 176 Å². The second kappa shape index (κ2) is 8.82. The number of carbonyl (C=O) groups excluding carboxylic acids is 2. The van der Waals surface area contributed by atoms with Crippen molar-refractivity contribution in [3.63, 3.8) is 0 Å². The lowest BCUT2D eigenvalue weighted by Gasteiger charge is -2.27. The lowest BCUT2D eigenvalue weighted by atomic mass is 9.83. The van der Waals surface area contributed by atoms with Gasteiger partial charge in [0.25, 0.3) is 5.91 Å². The summed E-state index contributed by atoms with van der Waals surface area (Å²) in [5.74, 6) is 0.555. The van der Waals surface area contributed by atoms with Crippen molar-refractivity contribution in [3.05, 3.63) is 102 Å². The zero-order chi connectivity index (χ0) is 20.8. The molecule has 3 aromatic rings. The molecular formula is C25H24N2O3. The summed E-state index contributed by atoms with van der Waals surface area (Å²) >= 11 is 0. The summed E-state index contributed by atoms with van der Waals surface area (Å²) in [6.45, 7) is 0.735. The van der Waals surface area contributed by atoms with E-state index in [1.807, 2.05) is 91.0 Å². The van der Waals surface area contributed by atoms with Gasteiger partial charge in [-0.2, -0.15) is 0 Å². The Morgan fingerprint density at radius 2 is 1.40 bits per heavy atom. The first-order valence-corrected chi connectivity index (χ1v) is 10.1. The van der Waals surface area contributed by atoms with Gasteiger partial charge in [0, 0.05) is 13.0 Å². The summed E-state index contributed by atoms with van der Waals surface area (Å²) in [7, 11) is 0. The fraction of sp³-hybridized carbons (Fsp3) is 0.200. The van der Waals surface area contributed by atoms with Crippen molar-refractivity contribution in [2.24, 2.45) is 0 Å². The number of nitrogens with zero attached hydrogens (tertiary/aromatic N) is 1. The van der Waals surface area contributed by atoms with E-state index < -0.39 is 5.54 Å². The lowest BCUT2D eigenvalue weighted by Crippen LogP contribution is -2.46. The molecule has 4 rings (SSSR count). The summed E-state index contributed by atoms with van der Waals surface area (Å²) in [6.07, 6.45) is 0.962. The maximum absolute atomic E-state index is 13.5. The lowest BCUT2D eigenvalue weighted by molar-refractivity contribution is -0.131. The van der Waals surface area contributed by atoms with Gasteiger partial charge in [-0.05, 0) is 29.7 Å². The molecular weight excluding hydrogens is 376 g/mol. The van der Waals surface area contributed by atoms with Crippen molar-refractivity contribution in [2.75, 3.05) is 13.2 Å². The number of carbonyl (C=O) groups is 2. The molecule has 1 aliphatic heterocycles. The Hall–Kier alpha value is -3.60. The number of amides is 3. The molecule has 0 unspecified atom stereocenters. The molecule has 1 heterocycles. The van der Waals surface area contributed by atoms with Gasteiger partial charge in [-0.15, -0.1) is 0 Å². The molecule has 0 saturated carbocycles. The number of hydrogen-bond donors (Lipinski definition) is 1. The van der Waals surface area contributed by atoms with Gasteiger partial charge in [0.2, 0.25) is 0 Å². The van der Waals surface area contributed by atoms with Crippen LogP contribution in [0, 0.1) is 0 Å². The van der Waals surface area contributed by atoms with Gasteiger partial charge in [0.1, 0.15) is 5.75 Å². The van der Waals surface area contributed by atoms with Crippen LogP contribution >= 0.6 is 0 Å². The minimum Gasteiger partial charge on any atom is -0.494 e. The van der Waals surface area contributed by atoms with E-state index in [1.165, 1.54) is 4.90 Å². The fourth-order valence-corrected chi connectivity index (χ4v) is 3.80. The molecule has 1 N–H and O–H groups in total. The molecule has 3 aromatic carbocycles. The quantitative estimate of drug-likeness (QED) is 0.457.